The normalized spacial score (nSPS) is 21.6. The van der Waals surface area contributed by atoms with Gasteiger partial charge in [-0.1, -0.05) is 18.2 Å². The van der Waals surface area contributed by atoms with Gasteiger partial charge in [0.15, 0.2) is 0 Å². The minimum Gasteiger partial charge on any atom is -0.329 e. The van der Waals surface area contributed by atoms with Crippen molar-refractivity contribution in [2.24, 2.45) is 5.73 Å². The van der Waals surface area contributed by atoms with Crippen molar-refractivity contribution in [2.75, 3.05) is 6.54 Å². The number of alkyl halides is 6. The van der Waals surface area contributed by atoms with Gasteiger partial charge in [-0.15, -0.1) is 12.4 Å². The maximum Gasteiger partial charge on any atom is 0.416 e. The highest BCUT2D eigenvalue weighted by atomic mass is 35.5. The molecule has 1 fully saturated rings. The molecule has 1 amide bonds. The number of hydrogen-bond acceptors (Lipinski definition) is 2. The number of nitrogens with two attached hydrogens (primary N) is 1. The maximum absolute atomic E-state index is 13.1. The zero-order valence-electron chi connectivity index (χ0n) is 12.9. The Hall–Kier alpha value is -1.48. The minimum absolute atomic E-state index is 0. The van der Waals surface area contributed by atoms with Crippen LogP contribution in [0.3, 0.4) is 0 Å². The molecule has 1 saturated heterocycles. The van der Waals surface area contributed by atoms with E-state index < -0.39 is 42.3 Å². The van der Waals surface area contributed by atoms with Crippen molar-refractivity contribution in [1.82, 2.24) is 4.90 Å². The summed E-state index contributed by atoms with van der Waals surface area (Å²) in [5.74, 6) is -1.01. The van der Waals surface area contributed by atoms with Crippen LogP contribution >= 0.6 is 12.4 Å². The highest BCUT2D eigenvalue weighted by Crippen LogP contribution is 2.34. The van der Waals surface area contributed by atoms with Crippen molar-refractivity contribution in [3.8, 4) is 0 Å². The lowest BCUT2D eigenvalue weighted by Crippen LogP contribution is -2.57. The average molecular weight is 391 g/mol. The first-order valence-electron chi connectivity index (χ1n) is 7.27. The Bertz CT molecular complexity index is 604. The topological polar surface area (TPSA) is 46.3 Å². The summed E-state index contributed by atoms with van der Waals surface area (Å²) in [5.41, 5.74) is 4.24. The summed E-state index contributed by atoms with van der Waals surface area (Å²) in [6.45, 7) is -0.322. The van der Waals surface area contributed by atoms with Gasteiger partial charge in [0.2, 0.25) is 5.91 Å². The van der Waals surface area contributed by atoms with E-state index in [-0.39, 0.29) is 37.4 Å². The van der Waals surface area contributed by atoms with Gasteiger partial charge in [-0.3, -0.25) is 4.79 Å². The van der Waals surface area contributed by atoms with Gasteiger partial charge in [0.1, 0.15) is 6.04 Å². The first-order chi connectivity index (χ1) is 11.0. The third kappa shape index (κ3) is 5.24. The maximum atomic E-state index is 13.1. The number of likely N-dealkylation sites (tertiary alicyclic amines) is 1. The van der Waals surface area contributed by atoms with Crippen molar-refractivity contribution in [1.29, 1.82) is 0 Å². The number of carbonyl (C=O) groups excluding carboxylic acids is 1. The number of hydrogen-bond donors (Lipinski definition) is 1. The largest absolute Gasteiger partial charge is 0.416 e. The molecule has 2 atom stereocenters. The van der Waals surface area contributed by atoms with Crippen molar-refractivity contribution < 1.29 is 31.1 Å². The van der Waals surface area contributed by atoms with Crippen LogP contribution in [0.25, 0.3) is 0 Å². The molecule has 1 aromatic rings. The SMILES string of the molecule is Cl.NC1CCC(C(F)(F)F)N(C(=O)Cc2ccccc2C(F)(F)F)C1. The molecule has 2 N–H and O–H groups in total. The fourth-order valence-electron chi connectivity index (χ4n) is 2.83. The molecule has 10 heteroatoms. The van der Waals surface area contributed by atoms with Crippen LogP contribution in [-0.2, 0) is 17.4 Å². The van der Waals surface area contributed by atoms with Crippen LogP contribution in [0.2, 0.25) is 0 Å². The smallest absolute Gasteiger partial charge is 0.329 e. The fourth-order valence-corrected chi connectivity index (χ4v) is 2.83. The van der Waals surface area contributed by atoms with Crippen LogP contribution in [0, 0.1) is 0 Å². The molecule has 2 unspecified atom stereocenters. The van der Waals surface area contributed by atoms with Crippen LogP contribution in [0.4, 0.5) is 26.3 Å². The molecule has 3 nitrogen and oxygen atoms in total. The van der Waals surface area contributed by atoms with E-state index in [1.54, 1.807) is 0 Å². The first kappa shape index (κ1) is 21.6. The summed E-state index contributed by atoms with van der Waals surface area (Å²) < 4.78 is 78.0. The van der Waals surface area contributed by atoms with Gasteiger partial charge >= 0.3 is 12.4 Å². The molecule has 2 rings (SSSR count). The lowest BCUT2D eigenvalue weighted by Gasteiger charge is -2.39. The Kier molecular flexibility index (Phi) is 6.74. The zero-order chi connectivity index (χ0) is 18.1. The molecule has 25 heavy (non-hydrogen) atoms. The summed E-state index contributed by atoms with van der Waals surface area (Å²) in [6, 6.07) is 1.72. The number of carbonyl (C=O) groups is 1. The van der Waals surface area contributed by atoms with Gasteiger partial charge in [-0.05, 0) is 24.5 Å². The third-order valence-electron chi connectivity index (χ3n) is 3.98. The summed E-state index contributed by atoms with van der Waals surface area (Å²) in [7, 11) is 0. The zero-order valence-corrected chi connectivity index (χ0v) is 13.7. The number of benzene rings is 1. The number of rotatable bonds is 2. The van der Waals surface area contributed by atoms with E-state index in [0.717, 1.165) is 18.2 Å². The lowest BCUT2D eigenvalue weighted by molar-refractivity contribution is -0.196. The van der Waals surface area contributed by atoms with E-state index in [1.165, 1.54) is 6.07 Å². The molecular weight excluding hydrogens is 374 g/mol. The standard InChI is InChI=1S/C15H16F6N2O.ClH/c16-14(17,18)11-4-2-1-3-9(11)7-13(24)23-8-10(22)5-6-12(23)15(19,20)21;/h1-4,10,12H,5-8,22H2;1H. The Morgan fingerprint density at radius 3 is 2.28 bits per heavy atom. The molecule has 0 radical (unpaired) electrons. The van der Waals surface area contributed by atoms with Gasteiger partial charge in [-0.25, -0.2) is 0 Å². The van der Waals surface area contributed by atoms with E-state index in [9.17, 15) is 31.1 Å². The molecule has 142 valence electrons. The summed E-state index contributed by atoms with van der Waals surface area (Å²) in [4.78, 5) is 12.8. The summed E-state index contributed by atoms with van der Waals surface area (Å²) in [5, 5.41) is 0. The quantitative estimate of drug-likeness (QED) is 0.785. The molecule has 1 aliphatic heterocycles. The van der Waals surface area contributed by atoms with Crippen LogP contribution in [0.5, 0.6) is 0 Å². The summed E-state index contributed by atoms with van der Waals surface area (Å²) in [6.07, 6.45) is -10.3. The molecule has 0 aliphatic carbocycles. The van der Waals surface area contributed by atoms with Crippen molar-refractivity contribution in [3.05, 3.63) is 35.4 Å². The van der Waals surface area contributed by atoms with E-state index in [2.05, 4.69) is 0 Å². The Morgan fingerprint density at radius 1 is 1.12 bits per heavy atom. The second-order valence-electron chi connectivity index (χ2n) is 5.77. The fraction of sp³-hybridized carbons (Fsp3) is 0.533. The molecule has 0 saturated carbocycles. The highest BCUT2D eigenvalue weighted by Gasteiger charge is 2.47. The molecule has 0 bridgehead atoms. The number of piperidine rings is 1. The minimum atomic E-state index is -4.68. The molecular formula is C15H17ClF6N2O. The van der Waals surface area contributed by atoms with E-state index in [4.69, 9.17) is 5.73 Å². The number of halogens is 7. The highest BCUT2D eigenvalue weighted by molar-refractivity contribution is 5.85. The van der Waals surface area contributed by atoms with Crippen LogP contribution in [-0.4, -0.2) is 35.6 Å². The second-order valence-corrected chi connectivity index (χ2v) is 5.77. The predicted octanol–water partition coefficient (Wildman–Crippen LogP) is 3.55. The average Bonchev–Trinajstić information content (AvgIpc) is 2.45. The van der Waals surface area contributed by atoms with Crippen LogP contribution in [0.15, 0.2) is 24.3 Å². The summed E-state index contributed by atoms with van der Waals surface area (Å²) >= 11 is 0. The van der Waals surface area contributed by atoms with Crippen molar-refractivity contribution in [2.45, 2.75) is 43.7 Å². The Morgan fingerprint density at radius 2 is 1.72 bits per heavy atom. The van der Waals surface area contributed by atoms with E-state index >= 15 is 0 Å². The van der Waals surface area contributed by atoms with Crippen molar-refractivity contribution >= 4 is 18.3 Å². The molecule has 1 aromatic carbocycles. The van der Waals surface area contributed by atoms with Gasteiger partial charge in [0.25, 0.3) is 0 Å². The number of amides is 1. The van der Waals surface area contributed by atoms with Crippen molar-refractivity contribution in [3.63, 3.8) is 0 Å². The third-order valence-corrected chi connectivity index (χ3v) is 3.98. The van der Waals surface area contributed by atoms with Gasteiger partial charge in [0, 0.05) is 12.6 Å². The van der Waals surface area contributed by atoms with E-state index in [1.807, 2.05) is 0 Å². The second kappa shape index (κ2) is 7.82. The monoisotopic (exact) mass is 390 g/mol. The molecule has 0 aromatic heterocycles. The lowest BCUT2D eigenvalue weighted by atomic mass is 9.96. The Balaban J connectivity index is 0.00000312. The van der Waals surface area contributed by atoms with Gasteiger partial charge in [-0.2, -0.15) is 26.3 Å². The molecule has 1 aliphatic rings. The number of nitrogens with zero attached hydrogens (tertiary/aromatic N) is 1. The van der Waals surface area contributed by atoms with Gasteiger partial charge < -0.3 is 10.6 Å². The molecule has 0 spiro atoms. The van der Waals surface area contributed by atoms with E-state index in [0.29, 0.717) is 4.90 Å². The van der Waals surface area contributed by atoms with Crippen LogP contribution < -0.4 is 5.73 Å². The molecule has 1 heterocycles. The predicted molar refractivity (Wildman–Crippen MR) is 81.2 cm³/mol. The Labute approximate surface area is 146 Å². The first-order valence-corrected chi connectivity index (χ1v) is 7.27. The van der Waals surface area contributed by atoms with Crippen LogP contribution in [0.1, 0.15) is 24.0 Å². The van der Waals surface area contributed by atoms with Gasteiger partial charge in [0.05, 0.1) is 12.0 Å².